The van der Waals surface area contributed by atoms with Crippen LogP contribution in [0.15, 0.2) is 5.11 Å². The molecule has 2 fully saturated rings. The molecule has 4 heteroatoms. The van der Waals surface area contributed by atoms with Crippen molar-refractivity contribution in [3.8, 4) is 0 Å². The van der Waals surface area contributed by atoms with Gasteiger partial charge < -0.3 is 4.90 Å². The van der Waals surface area contributed by atoms with Crippen LogP contribution in [0.2, 0.25) is 0 Å². The molecule has 1 N–H and O–H groups in total. The molecule has 3 nitrogen and oxygen atoms in total. The smallest absolute Gasteiger partial charge is 0.101 e. The van der Waals surface area contributed by atoms with Gasteiger partial charge in [0.25, 0.3) is 0 Å². The molecule has 1 aliphatic carbocycles. The van der Waals surface area contributed by atoms with Gasteiger partial charge in [0, 0.05) is 18.5 Å². The predicted octanol–water partition coefficient (Wildman–Crippen LogP) is 1.70. The van der Waals surface area contributed by atoms with Gasteiger partial charge in [0.1, 0.15) is 5.54 Å². The average Bonchev–Trinajstić information content (AvgIpc) is 2.27. The number of nitrogens with zero attached hydrogens (tertiary/aromatic N) is 2. The zero-order chi connectivity index (χ0) is 9.69. The number of fused-ring (bicyclic) bond motifs is 1. The molecule has 1 saturated carbocycles. The van der Waals surface area contributed by atoms with E-state index in [1.54, 1.807) is 0 Å². The first-order valence-corrected chi connectivity index (χ1v) is 4.71. The summed E-state index contributed by atoms with van der Waals surface area (Å²) in [6.45, 7) is 3.51. The summed E-state index contributed by atoms with van der Waals surface area (Å²) in [7, 11) is 2.02. The number of likely N-dealkylation sites (tertiary alicyclic amines) is 1. The molecule has 13 heavy (non-hydrogen) atoms. The first-order chi connectivity index (χ1) is 6.08. The maximum Gasteiger partial charge on any atom is 0.101 e. The van der Waals surface area contributed by atoms with Crippen LogP contribution in [0.3, 0.4) is 0 Å². The Balaban J connectivity index is 2.27. The summed E-state index contributed by atoms with van der Waals surface area (Å²) in [5, 5.41) is 3.75. The lowest BCUT2D eigenvalue weighted by atomic mass is 9.51. The van der Waals surface area contributed by atoms with Crippen LogP contribution in [0.4, 0.5) is 4.39 Å². The van der Waals surface area contributed by atoms with Crippen LogP contribution < -0.4 is 0 Å². The lowest BCUT2D eigenvalue weighted by Gasteiger charge is -2.54. The van der Waals surface area contributed by atoms with Crippen molar-refractivity contribution in [3.05, 3.63) is 0 Å². The molecule has 1 aliphatic heterocycles. The molecule has 0 aromatic carbocycles. The average molecular weight is 185 g/mol. The summed E-state index contributed by atoms with van der Waals surface area (Å²) < 4.78 is 12.6. The molecule has 0 aromatic heterocycles. The van der Waals surface area contributed by atoms with Crippen LogP contribution in [0.1, 0.15) is 13.3 Å². The Morgan fingerprint density at radius 3 is 2.85 bits per heavy atom. The predicted molar refractivity (Wildman–Crippen MR) is 47.6 cm³/mol. The molecule has 0 spiro atoms. The summed E-state index contributed by atoms with van der Waals surface area (Å²) in [5.41, 5.74) is 6.88. The van der Waals surface area contributed by atoms with Crippen LogP contribution in [0, 0.1) is 16.9 Å². The number of rotatable bonds is 2. The van der Waals surface area contributed by atoms with E-state index >= 15 is 0 Å². The zero-order valence-electron chi connectivity index (χ0n) is 8.18. The van der Waals surface area contributed by atoms with Crippen molar-refractivity contribution < 1.29 is 4.39 Å². The van der Waals surface area contributed by atoms with E-state index in [0.717, 1.165) is 19.5 Å². The van der Waals surface area contributed by atoms with E-state index in [0.29, 0.717) is 0 Å². The molecule has 0 amide bonds. The molecule has 1 saturated heterocycles. The van der Waals surface area contributed by atoms with Gasteiger partial charge in [0.15, 0.2) is 0 Å². The maximum atomic E-state index is 12.6. The summed E-state index contributed by atoms with van der Waals surface area (Å²) in [5.74, 6) is 0.117. The molecule has 1 heterocycles. The molecule has 0 aromatic rings. The third kappa shape index (κ3) is 0.870. The summed E-state index contributed by atoms with van der Waals surface area (Å²) in [6.07, 6.45) is 0.758. The van der Waals surface area contributed by atoms with E-state index in [9.17, 15) is 4.39 Å². The van der Waals surface area contributed by atoms with Gasteiger partial charge in [-0.3, -0.25) is 4.39 Å². The van der Waals surface area contributed by atoms with Gasteiger partial charge in [-0.2, -0.15) is 5.11 Å². The number of halogens is 1. The van der Waals surface area contributed by atoms with Gasteiger partial charge >= 0.3 is 0 Å². The Morgan fingerprint density at radius 1 is 1.62 bits per heavy atom. The second-order valence-electron chi connectivity index (χ2n) is 4.79. The molecule has 0 unspecified atom stereocenters. The largest absolute Gasteiger partial charge is 0.303 e. The van der Waals surface area contributed by atoms with Crippen LogP contribution >= 0.6 is 0 Å². The Labute approximate surface area is 77.8 Å². The molecule has 0 bridgehead atoms. The lowest BCUT2D eigenvalue weighted by molar-refractivity contribution is -0.0370. The lowest BCUT2D eigenvalue weighted by Crippen LogP contribution is -2.60. The Morgan fingerprint density at radius 2 is 2.31 bits per heavy atom. The maximum absolute atomic E-state index is 12.6. The van der Waals surface area contributed by atoms with Crippen LogP contribution in [0.25, 0.3) is 0 Å². The van der Waals surface area contributed by atoms with Crippen LogP contribution in [-0.4, -0.2) is 37.3 Å². The minimum Gasteiger partial charge on any atom is -0.303 e. The highest BCUT2D eigenvalue weighted by Crippen LogP contribution is 2.60. The molecule has 74 valence electrons. The van der Waals surface area contributed by atoms with E-state index < -0.39 is 0 Å². The normalized spacial score (nSPS) is 49.9. The number of likely N-dealkylation sites (N-methyl/N-ethyl adjacent to an activating group) is 1. The number of hydrogen-bond donors (Lipinski definition) is 1. The van der Waals surface area contributed by atoms with Gasteiger partial charge in [-0.1, -0.05) is 6.92 Å². The quantitative estimate of drug-likeness (QED) is 0.653. The van der Waals surface area contributed by atoms with E-state index in [1.165, 1.54) is 0 Å². The fourth-order valence-electron chi connectivity index (χ4n) is 3.13. The van der Waals surface area contributed by atoms with E-state index in [-0.39, 0.29) is 23.5 Å². The van der Waals surface area contributed by atoms with E-state index in [1.807, 2.05) is 7.05 Å². The van der Waals surface area contributed by atoms with Crippen molar-refractivity contribution in [2.75, 3.05) is 26.8 Å². The van der Waals surface area contributed by atoms with Crippen molar-refractivity contribution >= 4 is 0 Å². The third-order valence-corrected chi connectivity index (χ3v) is 4.08. The fraction of sp³-hybridized carbons (Fsp3) is 1.00. The van der Waals surface area contributed by atoms with Gasteiger partial charge in [0.2, 0.25) is 0 Å². The molecule has 2 rings (SSSR count). The molecule has 0 radical (unpaired) electrons. The third-order valence-electron chi connectivity index (χ3n) is 4.08. The standard InChI is InChI=1S/C9H16FN3/c1-8-5-13(2)6-9(8,12-11)3-7(8)4-10/h7,11H,3-6H2,1-2H3/t7-,8-,9+/m0/s1. The molecule has 2 aliphatic rings. The SMILES string of the molecule is CN1C[C@]2(N=N)C[C@@H](CF)[C@]2(C)C1. The van der Waals surface area contributed by atoms with E-state index in [2.05, 4.69) is 16.9 Å². The molecular formula is C9H16FN3. The number of hydrogen-bond acceptors (Lipinski definition) is 3. The summed E-state index contributed by atoms with van der Waals surface area (Å²) in [4.78, 5) is 2.16. The first-order valence-electron chi connectivity index (χ1n) is 4.71. The highest BCUT2D eigenvalue weighted by atomic mass is 19.1. The van der Waals surface area contributed by atoms with Gasteiger partial charge in [-0.05, 0) is 19.4 Å². The highest BCUT2D eigenvalue weighted by Gasteiger charge is 2.67. The summed E-state index contributed by atoms with van der Waals surface area (Å²) in [6, 6.07) is 0. The van der Waals surface area contributed by atoms with Crippen molar-refractivity contribution in [1.82, 2.24) is 4.90 Å². The molecule has 3 atom stereocenters. The van der Waals surface area contributed by atoms with Crippen LogP contribution in [-0.2, 0) is 0 Å². The second-order valence-corrected chi connectivity index (χ2v) is 4.79. The van der Waals surface area contributed by atoms with Crippen molar-refractivity contribution in [1.29, 1.82) is 5.53 Å². The molecular weight excluding hydrogens is 169 g/mol. The Bertz CT molecular complexity index is 245. The topological polar surface area (TPSA) is 39.5 Å². The van der Waals surface area contributed by atoms with Crippen molar-refractivity contribution in [3.63, 3.8) is 0 Å². The summed E-state index contributed by atoms with van der Waals surface area (Å²) >= 11 is 0. The zero-order valence-corrected chi connectivity index (χ0v) is 8.18. The monoisotopic (exact) mass is 185 g/mol. The van der Waals surface area contributed by atoms with Crippen molar-refractivity contribution in [2.45, 2.75) is 18.9 Å². The number of alkyl halides is 1. The second kappa shape index (κ2) is 2.50. The van der Waals surface area contributed by atoms with Gasteiger partial charge in [-0.15, -0.1) is 0 Å². The fourth-order valence-corrected chi connectivity index (χ4v) is 3.13. The Hall–Kier alpha value is -0.510. The highest BCUT2D eigenvalue weighted by molar-refractivity contribution is 5.20. The number of nitrogens with one attached hydrogen (secondary N) is 1. The van der Waals surface area contributed by atoms with Gasteiger partial charge in [-0.25, -0.2) is 5.53 Å². The van der Waals surface area contributed by atoms with Crippen LogP contribution in [0.5, 0.6) is 0 Å². The van der Waals surface area contributed by atoms with Gasteiger partial charge in [0.05, 0.1) is 6.67 Å². The van der Waals surface area contributed by atoms with Crippen molar-refractivity contribution in [2.24, 2.45) is 16.4 Å². The minimum atomic E-state index is -0.265. The Kier molecular flexibility index (Phi) is 1.74. The minimum absolute atomic E-state index is 0.0851. The first kappa shape index (κ1) is 9.06. The van der Waals surface area contributed by atoms with E-state index in [4.69, 9.17) is 5.53 Å².